The highest BCUT2D eigenvalue weighted by Gasteiger charge is 2.18. The average Bonchev–Trinajstić information content (AvgIpc) is 2.74. The van der Waals surface area contributed by atoms with E-state index in [1.54, 1.807) is 12.4 Å². The molecule has 2 heterocycles. The van der Waals surface area contributed by atoms with Gasteiger partial charge in [-0.05, 0) is 41.8 Å². The second-order valence-corrected chi connectivity index (χ2v) is 7.10. The van der Waals surface area contributed by atoms with E-state index in [9.17, 15) is 4.79 Å². The van der Waals surface area contributed by atoms with Crippen molar-refractivity contribution < 1.29 is 4.79 Å². The first-order valence-electron chi connectivity index (χ1n) is 9.33. The molecule has 0 aliphatic carbocycles. The molecule has 0 bridgehead atoms. The molecule has 2 aromatic carbocycles. The van der Waals surface area contributed by atoms with Gasteiger partial charge in [-0.25, -0.2) is 9.97 Å². The highest BCUT2D eigenvalue weighted by Crippen LogP contribution is 2.22. The summed E-state index contributed by atoms with van der Waals surface area (Å²) in [4.78, 5) is 25.4. The normalized spacial score (nSPS) is 13.0. The second-order valence-electron chi connectivity index (χ2n) is 7.10. The van der Waals surface area contributed by atoms with Crippen LogP contribution in [0.3, 0.4) is 0 Å². The van der Waals surface area contributed by atoms with Gasteiger partial charge in [-0.3, -0.25) is 4.79 Å². The molecule has 142 valence electrons. The Bertz CT molecular complexity index is 967. The van der Waals surface area contributed by atoms with Crippen molar-refractivity contribution in [3.8, 4) is 0 Å². The molecule has 1 aromatic heterocycles. The Morgan fingerprint density at radius 2 is 1.75 bits per heavy atom. The van der Waals surface area contributed by atoms with E-state index in [-0.39, 0.29) is 5.91 Å². The lowest BCUT2D eigenvalue weighted by atomic mass is 10.0. The highest BCUT2D eigenvalue weighted by molar-refractivity contribution is 6.02. The number of carbonyl (C=O) groups is 1. The summed E-state index contributed by atoms with van der Waals surface area (Å²) in [5, 5.41) is 2.86. The molecule has 6 heteroatoms. The largest absolute Gasteiger partial charge is 0.378 e. The fourth-order valence-corrected chi connectivity index (χ4v) is 3.33. The van der Waals surface area contributed by atoms with E-state index < -0.39 is 0 Å². The number of rotatable bonds is 4. The van der Waals surface area contributed by atoms with Gasteiger partial charge in [0.15, 0.2) is 0 Å². The first-order chi connectivity index (χ1) is 13.6. The molecule has 1 aliphatic heterocycles. The van der Waals surface area contributed by atoms with Gasteiger partial charge in [0.1, 0.15) is 11.5 Å². The fraction of sp³-hybridized carbons (Fsp3) is 0.227. The molecule has 1 aliphatic rings. The van der Waals surface area contributed by atoms with E-state index in [1.165, 1.54) is 11.1 Å². The molecule has 0 unspecified atom stereocenters. The van der Waals surface area contributed by atoms with Crippen LogP contribution in [0.25, 0.3) is 0 Å². The van der Waals surface area contributed by atoms with Crippen LogP contribution in [0.2, 0.25) is 0 Å². The van der Waals surface area contributed by atoms with Crippen molar-refractivity contribution in [2.45, 2.75) is 13.0 Å². The number of anilines is 3. The molecule has 6 nitrogen and oxygen atoms in total. The van der Waals surface area contributed by atoms with Crippen molar-refractivity contribution in [1.82, 2.24) is 9.97 Å². The second kappa shape index (κ2) is 7.68. The molecule has 0 atom stereocenters. The van der Waals surface area contributed by atoms with Gasteiger partial charge in [0.25, 0.3) is 5.91 Å². The fourth-order valence-electron chi connectivity index (χ4n) is 3.33. The maximum absolute atomic E-state index is 12.4. The van der Waals surface area contributed by atoms with Gasteiger partial charge in [0.2, 0.25) is 0 Å². The van der Waals surface area contributed by atoms with Gasteiger partial charge >= 0.3 is 0 Å². The molecular weight excluding hydrogens is 350 g/mol. The van der Waals surface area contributed by atoms with Gasteiger partial charge in [0.05, 0.1) is 12.4 Å². The van der Waals surface area contributed by atoms with Crippen molar-refractivity contribution in [1.29, 1.82) is 0 Å². The van der Waals surface area contributed by atoms with Gasteiger partial charge in [0, 0.05) is 38.6 Å². The van der Waals surface area contributed by atoms with Crippen molar-refractivity contribution in [2.75, 3.05) is 35.8 Å². The third-order valence-electron chi connectivity index (χ3n) is 4.97. The standard InChI is InChI=1S/C22H23N5O/c1-26(2)19-9-7-18(8-10-19)25-22(28)20-13-24-21(14-23-20)27-12-11-16-5-3-4-6-17(16)15-27/h3-10,13-14H,11-12,15H2,1-2H3,(H,25,28). The molecule has 0 fully saturated rings. The summed E-state index contributed by atoms with van der Waals surface area (Å²) in [5.41, 5.74) is 4.82. The van der Waals surface area contributed by atoms with Crippen LogP contribution in [0, 0.1) is 0 Å². The van der Waals surface area contributed by atoms with Crippen LogP contribution in [0.15, 0.2) is 60.9 Å². The summed E-state index contributed by atoms with van der Waals surface area (Å²) >= 11 is 0. The maximum atomic E-state index is 12.4. The van der Waals surface area contributed by atoms with Gasteiger partial charge < -0.3 is 15.1 Å². The first kappa shape index (κ1) is 18.0. The number of carbonyl (C=O) groups excluding carboxylic acids is 1. The monoisotopic (exact) mass is 373 g/mol. The van der Waals surface area contributed by atoms with Crippen LogP contribution >= 0.6 is 0 Å². The lowest BCUT2D eigenvalue weighted by molar-refractivity contribution is 0.102. The summed E-state index contributed by atoms with van der Waals surface area (Å²) in [7, 11) is 3.96. The van der Waals surface area contributed by atoms with Gasteiger partial charge in [-0.2, -0.15) is 0 Å². The van der Waals surface area contributed by atoms with E-state index in [4.69, 9.17) is 0 Å². The Morgan fingerprint density at radius 1 is 1.00 bits per heavy atom. The summed E-state index contributed by atoms with van der Waals surface area (Å²) < 4.78 is 0. The van der Waals surface area contributed by atoms with Crippen LogP contribution in [0.4, 0.5) is 17.2 Å². The third-order valence-corrected chi connectivity index (χ3v) is 4.97. The van der Waals surface area contributed by atoms with Crippen LogP contribution in [0.5, 0.6) is 0 Å². The van der Waals surface area contributed by atoms with E-state index in [2.05, 4.69) is 44.5 Å². The average molecular weight is 373 g/mol. The summed E-state index contributed by atoms with van der Waals surface area (Å²) in [6, 6.07) is 16.1. The zero-order valence-corrected chi connectivity index (χ0v) is 16.1. The molecule has 0 saturated carbocycles. The van der Waals surface area contributed by atoms with Crippen LogP contribution in [-0.2, 0) is 13.0 Å². The lowest BCUT2D eigenvalue weighted by Crippen LogP contribution is -2.31. The minimum absolute atomic E-state index is 0.263. The van der Waals surface area contributed by atoms with E-state index in [1.807, 2.05) is 43.3 Å². The van der Waals surface area contributed by atoms with E-state index in [0.717, 1.165) is 36.7 Å². The van der Waals surface area contributed by atoms with Gasteiger partial charge in [-0.1, -0.05) is 24.3 Å². The van der Waals surface area contributed by atoms with Gasteiger partial charge in [-0.15, -0.1) is 0 Å². The summed E-state index contributed by atoms with van der Waals surface area (Å²) in [6.07, 6.45) is 4.21. The minimum atomic E-state index is -0.263. The first-order valence-corrected chi connectivity index (χ1v) is 9.33. The van der Waals surface area contributed by atoms with Crippen molar-refractivity contribution in [3.63, 3.8) is 0 Å². The number of hydrogen-bond acceptors (Lipinski definition) is 5. The Labute approximate surface area is 164 Å². The van der Waals surface area contributed by atoms with Crippen LogP contribution in [0.1, 0.15) is 21.6 Å². The van der Waals surface area contributed by atoms with E-state index >= 15 is 0 Å². The Hall–Kier alpha value is -3.41. The molecule has 28 heavy (non-hydrogen) atoms. The van der Waals surface area contributed by atoms with Crippen LogP contribution < -0.4 is 15.1 Å². The number of benzene rings is 2. The zero-order valence-electron chi connectivity index (χ0n) is 16.1. The third kappa shape index (κ3) is 3.81. The topological polar surface area (TPSA) is 61.4 Å². The molecular formula is C22H23N5O. The predicted octanol–water partition coefficient (Wildman–Crippen LogP) is 3.36. The number of hydrogen-bond donors (Lipinski definition) is 1. The Balaban J connectivity index is 1.42. The molecule has 0 radical (unpaired) electrons. The van der Waals surface area contributed by atoms with Crippen molar-refractivity contribution in [2.24, 2.45) is 0 Å². The smallest absolute Gasteiger partial charge is 0.275 e. The summed E-state index contributed by atoms with van der Waals surface area (Å²) in [5.74, 6) is 0.530. The summed E-state index contributed by atoms with van der Waals surface area (Å²) in [6.45, 7) is 1.71. The Morgan fingerprint density at radius 3 is 2.43 bits per heavy atom. The molecule has 0 spiro atoms. The number of fused-ring (bicyclic) bond motifs is 1. The minimum Gasteiger partial charge on any atom is -0.378 e. The maximum Gasteiger partial charge on any atom is 0.275 e. The van der Waals surface area contributed by atoms with E-state index in [0.29, 0.717) is 5.69 Å². The zero-order chi connectivity index (χ0) is 19.5. The lowest BCUT2D eigenvalue weighted by Gasteiger charge is -2.29. The molecule has 4 rings (SSSR count). The molecule has 0 saturated heterocycles. The van der Waals surface area contributed by atoms with Crippen LogP contribution in [-0.4, -0.2) is 36.5 Å². The molecule has 1 amide bonds. The van der Waals surface area contributed by atoms with Crippen molar-refractivity contribution in [3.05, 3.63) is 77.7 Å². The predicted molar refractivity (Wildman–Crippen MR) is 112 cm³/mol. The molecule has 3 aromatic rings. The number of nitrogens with one attached hydrogen (secondary N) is 1. The SMILES string of the molecule is CN(C)c1ccc(NC(=O)c2cnc(N3CCc4ccccc4C3)cn2)cc1. The highest BCUT2D eigenvalue weighted by atomic mass is 16.1. The number of nitrogens with zero attached hydrogens (tertiary/aromatic N) is 4. The Kier molecular flexibility index (Phi) is 4.93. The number of aromatic nitrogens is 2. The number of amides is 1. The quantitative estimate of drug-likeness (QED) is 0.760. The molecule has 1 N–H and O–H groups in total. The van der Waals surface area contributed by atoms with Crippen molar-refractivity contribution >= 4 is 23.1 Å².